The van der Waals surface area contributed by atoms with Gasteiger partial charge in [0.2, 0.25) is 5.91 Å². The van der Waals surface area contributed by atoms with Gasteiger partial charge in [0.25, 0.3) is 0 Å². The third-order valence-electron chi connectivity index (χ3n) is 2.13. The average molecular weight is 321 g/mol. The number of nitrogens with zero attached hydrogens (tertiary/aromatic N) is 2. The van der Waals surface area contributed by atoms with Crippen molar-refractivity contribution >= 4 is 29.1 Å². The molecule has 1 aromatic rings. The Bertz CT molecular complexity index is 616. The summed E-state index contributed by atoms with van der Waals surface area (Å²) in [4.78, 5) is 10.9. The summed E-state index contributed by atoms with van der Waals surface area (Å²) in [6, 6.07) is 2.62. The van der Waals surface area contributed by atoms with Crippen LogP contribution in [0.5, 0.6) is 5.75 Å². The van der Waals surface area contributed by atoms with Crippen molar-refractivity contribution in [3.05, 3.63) is 29.6 Å². The van der Waals surface area contributed by atoms with Crippen LogP contribution in [0.15, 0.2) is 28.4 Å². The van der Waals surface area contributed by atoms with E-state index in [9.17, 15) is 22.4 Å². The first kappa shape index (κ1) is 15.3. The third-order valence-corrected chi connectivity index (χ3v) is 3.00. The molecule has 21 heavy (non-hydrogen) atoms. The summed E-state index contributed by atoms with van der Waals surface area (Å²) in [6.45, 7) is 0. The zero-order chi connectivity index (χ0) is 15.5. The largest absolute Gasteiger partial charge is 0.573 e. The van der Waals surface area contributed by atoms with Gasteiger partial charge in [-0.1, -0.05) is 11.8 Å². The number of hydrogen-bond acceptors (Lipinski definition) is 5. The van der Waals surface area contributed by atoms with Gasteiger partial charge < -0.3 is 10.1 Å². The molecule has 2 rings (SSSR count). The van der Waals surface area contributed by atoms with Crippen LogP contribution in [0.2, 0.25) is 0 Å². The molecule has 112 valence electrons. The van der Waals surface area contributed by atoms with E-state index in [1.807, 2.05) is 0 Å². The Labute approximate surface area is 120 Å². The lowest BCUT2D eigenvalue weighted by Crippen LogP contribution is -2.19. The molecule has 0 spiro atoms. The van der Waals surface area contributed by atoms with Gasteiger partial charge in [-0.3, -0.25) is 4.79 Å². The minimum Gasteiger partial charge on any atom is -0.405 e. The molecule has 0 atom stereocenters. The highest BCUT2D eigenvalue weighted by molar-refractivity contribution is 8.15. The molecule has 1 heterocycles. The summed E-state index contributed by atoms with van der Waals surface area (Å²) in [5.74, 6) is -1.64. The Kier molecular flexibility index (Phi) is 4.46. The van der Waals surface area contributed by atoms with Crippen LogP contribution in [0.25, 0.3) is 0 Å². The van der Waals surface area contributed by atoms with E-state index in [0.717, 1.165) is 30.1 Å². The zero-order valence-corrected chi connectivity index (χ0v) is 11.0. The quantitative estimate of drug-likeness (QED) is 0.528. The van der Waals surface area contributed by atoms with E-state index in [4.69, 9.17) is 0 Å². The molecule has 0 saturated carbocycles. The molecule has 5 nitrogen and oxygen atoms in total. The monoisotopic (exact) mass is 321 g/mol. The maximum Gasteiger partial charge on any atom is 0.573 e. The molecule has 0 unspecified atom stereocenters. The van der Waals surface area contributed by atoms with Crippen LogP contribution in [0.3, 0.4) is 0 Å². The highest BCUT2D eigenvalue weighted by atomic mass is 32.2. The average Bonchev–Trinajstić information content (AvgIpc) is 2.76. The summed E-state index contributed by atoms with van der Waals surface area (Å²) in [5.41, 5.74) is -0.104. The highest BCUT2D eigenvalue weighted by Gasteiger charge is 2.32. The molecule has 10 heteroatoms. The maximum atomic E-state index is 13.0. The lowest BCUT2D eigenvalue weighted by molar-refractivity contribution is -0.274. The second kappa shape index (κ2) is 6.12. The van der Waals surface area contributed by atoms with Crippen molar-refractivity contribution < 1.29 is 27.1 Å². The van der Waals surface area contributed by atoms with Gasteiger partial charge in [-0.2, -0.15) is 5.10 Å². The van der Waals surface area contributed by atoms with Crippen molar-refractivity contribution in [3.8, 4) is 5.75 Å². The van der Waals surface area contributed by atoms with E-state index in [2.05, 4.69) is 20.3 Å². The van der Waals surface area contributed by atoms with Gasteiger partial charge in [0.1, 0.15) is 11.6 Å². The van der Waals surface area contributed by atoms with Crippen LogP contribution >= 0.6 is 11.8 Å². The number of halogens is 4. The van der Waals surface area contributed by atoms with E-state index in [1.54, 1.807) is 0 Å². The molecule has 1 fully saturated rings. The van der Waals surface area contributed by atoms with E-state index in [0.29, 0.717) is 6.07 Å². The number of carbonyl (C=O) groups is 1. The number of ether oxygens (including phenoxy) is 1. The maximum absolute atomic E-state index is 13.0. The summed E-state index contributed by atoms with van der Waals surface area (Å²) in [5, 5.41) is 9.78. The number of hydrogen-bond donors (Lipinski definition) is 1. The van der Waals surface area contributed by atoms with Crippen molar-refractivity contribution in [2.75, 3.05) is 5.75 Å². The van der Waals surface area contributed by atoms with Gasteiger partial charge in [-0.15, -0.1) is 18.3 Å². The molecule has 1 aliphatic rings. The number of alkyl halides is 3. The van der Waals surface area contributed by atoms with E-state index in [-0.39, 0.29) is 22.4 Å². The van der Waals surface area contributed by atoms with Gasteiger partial charge in [-0.05, 0) is 12.1 Å². The van der Waals surface area contributed by atoms with Gasteiger partial charge >= 0.3 is 6.36 Å². The Balaban J connectivity index is 2.17. The van der Waals surface area contributed by atoms with Crippen LogP contribution < -0.4 is 10.1 Å². The highest BCUT2D eigenvalue weighted by Crippen LogP contribution is 2.26. The number of rotatable bonds is 3. The molecule has 0 aliphatic carbocycles. The van der Waals surface area contributed by atoms with Gasteiger partial charge in [0.05, 0.1) is 12.0 Å². The molecular weight excluding hydrogens is 314 g/mol. The molecular formula is C11H7F4N3O2S. The number of benzene rings is 1. The Morgan fingerprint density at radius 3 is 2.76 bits per heavy atom. The summed E-state index contributed by atoms with van der Waals surface area (Å²) in [6.07, 6.45) is -3.98. The van der Waals surface area contributed by atoms with E-state index in [1.165, 1.54) is 0 Å². The van der Waals surface area contributed by atoms with Crippen LogP contribution in [0, 0.1) is 5.82 Å². The van der Waals surface area contributed by atoms with E-state index < -0.39 is 17.9 Å². The van der Waals surface area contributed by atoms with Crippen LogP contribution in [0.1, 0.15) is 5.56 Å². The normalized spacial score (nSPS) is 17.5. The summed E-state index contributed by atoms with van der Waals surface area (Å²) < 4.78 is 53.3. The van der Waals surface area contributed by atoms with Crippen molar-refractivity contribution in [1.82, 2.24) is 5.32 Å². The second-order valence-electron chi connectivity index (χ2n) is 3.72. The minimum absolute atomic E-state index is 0.104. The van der Waals surface area contributed by atoms with E-state index >= 15 is 0 Å². The number of amides is 1. The number of carbonyl (C=O) groups excluding carboxylic acids is 1. The van der Waals surface area contributed by atoms with Crippen LogP contribution in [-0.4, -0.2) is 29.4 Å². The third kappa shape index (κ3) is 4.74. The van der Waals surface area contributed by atoms with Crippen LogP contribution in [-0.2, 0) is 4.79 Å². The summed E-state index contributed by atoms with van der Waals surface area (Å²) in [7, 11) is 0. The first-order valence-corrected chi connectivity index (χ1v) is 6.41. The van der Waals surface area contributed by atoms with Crippen molar-refractivity contribution in [2.24, 2.45) is 10.2 Å². The lowest BCUT2D eigenvalue weighted by atomic mass is 10.2. The molecule has 1 N–H and O–H groups in total. The predicted octanol–water partition coefficient (Wildman–Crippen LogP) is 2.28. The first-order chi connectivity index (χ1) is 9.83. The summed E-state index contributed by atoms with van der Waals surface area (Å²) >= 11 is 1.11. The molecule has 1 aromatic carbocycles. The van der Waals surface area contributed by atoms with Gasteiger partial charge in [0, 0.05) is 11.6 Å². The number of amidine groups is 1. The standard InChI is InChI=1S/C11H7F4N3O2S/c12-7-2-1-6(8(3-7)20-11(13,14)15)4-16-18-10-17-9(19)5-21-10/h1-4H,5H2,(H,17,18,19). The second-order valence-corrected chi connectivity index (χ2v) is 4.68. The predicted molar refractivity (Wildman–Crippen MR) is 68.7 cm³/mol. The lowest BCUT2D eigenvalue weighted by Gasteiger charge is -2.10. The smallest absolute Gasteiger partial charge is 0.405 e. The Morgan fingerprint density at radius 1 is 1.38 bits per heavy atom. The number of thioether (sulfide) groups is 1. The first-order valence-electron chi connectivity index (χ1n) is 5.42. The fourth-order valence-corrected chi connectivity index (χ4v) is 1.98. The van der Waals surface area contributed by atoms with Crippen LogP contribution in [0.4, 0.5) is 17.6 Å². The Hall–Kier alpha value is -2.10. The fourth-order valence-electron chi connectivity index (χ4n) is 1.35. The SMILES string of the molecule is O=C1CSC(=NN=Cc2ccc(F)cc2OC(F)(F)F)N1. The molecule has 0 radical (unpaired) electrons. The van der Waals surface area contributed by atoms with Crippen molar-refractivity contribution in [3.63, 3.8) is 0 Å². The molecule has 0 aromatic heterocycles. The fraction of sp³-hybridized carbons (Fsp3) is 0.182. The van der Waals surface area contributed by atoms with Gasteiger partial charge in [0.15, 0.2) is 5.17 Å². The molecule has 1 aliphatic heterocycles. The molecule has 1 saturated heterocycles. The molecule has 0 bridgehead atoms. The van der Waals surface area contributed by atoms with Gasteiger partial charge in [-0.25, -0.2) is 4.39 Å². The topological polar surface area (TPSA) is 63.0 Å². The molecule has 1 amide bonds. The van der Waals surface area contributed by atoms with Crippen molar-refractivity contribution in [1.29, 1.82) is 0 Å². The zero-order valence-electron chi connectivity index (χ0n) is 10.1. The number of nitrogens with one attached hydrogen (secondary N) is 1. The minimum atomic E-state index is -4.95. The Morgan fingerprint density at radius 2 is 2.14 bits per heavy atom. The van der Waals surface area contributed by atoms with Crippen molar-refractivity contribution in [2.45, 2.75) is 6.36 Å².